The maximum absolute atomic E-state index is 5.92. The van der Waals surface area contributed by atoms with E-state index < -0.39 is 0 Å². The minimum absolute atomic E-state index is 0.384. The third kappa shape index (κ3) is 3.32. The monoisotopic (exact) mass is 277 g/mol. The first-order chi connectivity index (χ1) is 9.10. The number of benzene rings is 2. The van der Waals surface area contributed by atoms with Gasteiger partial charge in [-0.1, -0.05) is 23.2 Å². The number of anilines is 1. The second-order valence-electron chi connectivity index (χ2n) is 4.29. The van der Waals surface area contributed by atoms with Crippen LogP contribution in [0.2, 0.25) is 5.02 Å². The Morgan fingerprint density at radius 2 is 1.89 bits per heavy atom. The molecule has 0 heterocycles. The lowest BCUT2D eigenvalue weighted by Crippen LogP contribution is -2.01. The van der Waals surface area contributed by atoms with Crippen LogP contribution in [0.15, 0.2) is 36.4 Å². The molecule has 100 valence electrons. The van der Waals surface area contributed by atoms with E-state index in [-0.39, 0.29) is 0 Å². The summed E-state index contributed by atoms with van der Waals surface area (Å²) in [7, 11) is 1.64. The molecule has 4 heteroatoms. The van der Waals surface area contributed by atoms with E-state index in [1.165, 1.54) is 0 Å². The van der Waals surface area contributed by atoms with Gasteiger partial charge in [0, 0.05) is 16.7 Å². The highest BCUT2D eigenvalue weighted by Gasteiger charge is 2.06. The molecule has 0 amide bonds. The Hall–Kier alpha value is -1.87. The summed E-state index contributed by atoms with van der Waals surface area (Å²) in [4.78, 5) is 0. The van der Waals surface area contributed by atoms with Crippen LogP contribution in [-0.2, 0) is 6.61 Å². The zero-order valence-corrected chi connectivity index (χ0v) is 11.7. The van der Waals surface area contributed by atoms with Crippen LogP contribution in [0.3, 0.4) is 0 Å². The van der Waals surface area contributed by atoms with Gasteiger partial charge < -0.3 is 15.2 Å². The van der Waals surface area contributed by atoms with E-state index in [2.05, 4.69) is 0 Å². The van der Waals surface area contributed by atoms with Gasteiger partial charge in [0.2, 0.25) is 0 Å². The second kappa shape index (κ2) is 5.85. The molecule has 0 spiro atoms. The van der Waals surface area contributed by atoms with Crippen molar-refractivity contribution in [2.45, 2.75) is 13.5 Å². The number of halogens is 1. The Morgan fingerprint density at radius 3 is 2.63 bits per heavy atom. The Labute approximate surface area is 117 Å². The molecule has 0 radical (unpaired) electrons. The Morgan fingerprint density at radius 1 is 1.11 bits per heavy atom. The first-order valence-electron chi connectivity index (χ1n) is 5.91. The Bertz CT molecular complexity index is 584. The molecule has 0 unspecified atom stereocenters. The van der Waals surface area contributed by atoms with Gasteiger partial charge in [-0.15, -0.1) is 0 Å². The molecule has 2 N–H and O–H groups in total. The molecule has 2 rings (SSSR count). The normalized spacial score (nSPS) is 10.3. The third-order valence-electron chi connectivity index (χ3n) is 2.79. The van der Waals surface area contributed by atoms with E-state index in [4.69, 9.17) is 26.8 Å². The van der Waals surface area contributed by atoms with Crippen molar-refractivity contribution in [2.24, 2.45) is 0 Å². The summed E-state index contributed by atoms with van der Waals surface area (Å²) >= 11 is 5.92. The largest absolute Gasteiger partial charge is 0.496 e. The molecule has 0 bridgehead atoms. The summed E-state index contributed by atoms with van der Waals surface area (Å²) in [5.41, 5.74) is 8.53. The lowest BCUT2D eigenvalue weighted by Gasteiger charge is -2.12. The first kappa shape index (κ1) is 13.6. The molecule has 19 heavy (non-hydrogen) atoms. The predicted octanol–water partition coefficient (Wildman–Crippen LogP) is 3.82. The maximum atomic E-state index is 5.92. The van der Waals surface area contributed by atoms with Gasteiger partial charge in [-0.05, 0) is 31.2 Å². The number of nitrogens with two attached hydrogens (primary N) is 1. The molecule has 2 aromatic carbocycles. The SMILES string of the molecule is COc1ccc(C)cc1COc1cc(Cl)ccc1N. The van der Waals surface area contributed by atoms with Crippen LogP contribution >= 0.6 is 11.6 Å². The Kier molecular flexibility index (Phi) is 4.17. The van der Waals surface area contributed by atoms with E-state index in [1.807, 2.05) is 25.1 Å². The molecule has 0 aliphatic rings. The molecule has 0 aliphatic heterocycles. The van der Waals surface area contributed by atoms with Crippen molar-refractivity contribution in [2.75, 3.05) is 12.8 Å². The molecule has 0 fully saturated rings. The third-order valence-corrected chi connectivity index (χ3v) is 3.03. The fourth-order valence-electron chi connectivity index (χ4n) is 1.81. The molecule has 0 saturated carbocycles. The molecule has 0 saturated heterocycles. The zero-order chi connectivity index (χ0) is 13.8. The van der Waals surface area contributed by atoms with Crippen LogP contribution in [0.4, 0.5) is 5.69 Å². The maximum Gasteiger partial charge on any atom is 0.144 e. The molecular weight excluding hydrogens is 262 g/mol. The zero-order valence-electron chi connectivity index (χ0n) is 10.9. The Balaban J connectivity index is 2.18. The number of aryl methyl sites for hydroxylation is 1. The van der Waals surface area contributed by atoms with E-state index in [9.17, 15) is 0 Å². The van der Waals surface area contributed by atoms with E-state index in [0.29, 0.717) is 23.1 Å². The van der Waals surface area contributed by atoms with Crippen LogP contribution in [0.25, 0.3) is 0 Å². The van der Waals surface area contributed by atoms with Gasteiger partial charge in [-0.3, -0.25) is 0 Å². The van der Waals surface area contributed by atoms with E-state index >= 15 is 0 Å². The van der Waals surface area contributed by atoms with Crippen molar-refractivity contribution < 1.29 is 9.47 Å². The summed E-state index contributed by atoms with van der Waals surface area (Å²) in [6.07, 6.45) is 0. The van der Waals surface area contributed by atoms with E-state index in [1.54, 1.807) is 25.3 Å². The number of nitrogen functional groups attached to an aromatic ring is 1. The molecular formula is C15H16ClNO2. The smallest absolute Gasteiger partial charge is 0.144 e. The quantitative estimate of drug-likeness (QED) is 0.864. The average molecular weight is 278 g/mol. The van der Waals surface area contributed by atoms with Crippen molar-refractivity contribution in [3.8, 4) is 11.5 Å². The number of ether oxygens (including phenoxy) is 2. The summed E-state index contributed by atoms with van der Waals surface area (Å²) in [6.45, 7) is 2.41. The lowest BCUT2D eigenvalue weighted by atomic mass is 10.1. The standard InChI is InChI=1S/C15H16ClNO2/c1-10-3-6-14(18-2)11(7-10)9-19-15-8-12(16)4-5-13(15)17/h3-8H,9,17H2,1-2H3. The first-order valence-corrected chi connectivity index (χ1v) is 6.29. The molecule has 0 atom stereocenters. The molecule has 2 aromatic rings. The fraction of sp³-hybridized carbons (Fsp3) is 0.200. The van der Waals surface area contributed by atoms with Crippen molar-refractivity contribution >= 4 is 17.3 Å². The molecule has 0 aliphatic carbocycles. The van der Waals surface area contributed by atoms with Gasteiger partial charge in [0.15, 0.2) is 0 Å². The summed E-state index contributed by atoms with van der Waals surface area (Å²) in [6, 6.07) is 11.1. The minimum atomic E-state index is 0.384. The topological polar surface area (TPSA) is 44.5 Å². The summed E-state index contributed by atoms with van der Waals surface area (Å²) in [5.74, 6) is 1.38. The van der Waals surface area contributed by atoms with Gasteiger partial charge in [-0.2, -0.15) is 0 Å². The van der Waals surface area contributed by atoms with Crippen molar-refractivity contribution in [3.05, 3.63) is 52.5 Å². The van der Waals surface area contributed by atoms with Crippen LogP contribution < -0.4 is 15.2 Å². The van der Waals surface area contributed by atoms with Gasteiger partial charge in [0.25, 0.3) is 0 Å². The highest BCUT2D eigenvalue weighted by molar-refractivity contribution is 6.30. The second-order valence-corrected chi connectivity index (χ2v) is 4.72. The van der Waals surface area contributed by atoms with Gasteiger partial charge in [0.1, 0.15) is 18.1 Å². The molecule has 3 nitrogen and oxygen atoms in total. The summed E-state index contributed by atoms with van der Waals surface area (Å²) < 4.78 is 11.0. The minimum Gasteiger partial charge on any atom is -0.496 e. The summed E-state index contributed by atoms with van der Waals surface area (Å²) in [5, 5.41) is 0.598. The number of hydrogen-bond acceptors (Lipinski definition) is 3. The number of methoxy groups -OCH3 is 1. The molecule has 0 aromatic heterocycles. The number of rotatable bonds is 4. The van der Waals surface area contributed by atoms with Crippen LogP contribution in [-0.4, -0.2) is 7.11 Å². The van der Waals surface area contributed by atoms with Crippen LogP contribution in [0.1, 0.15) is 11.1 Å². The van der Waals surface area contributed by atoms with Crippen molar-refractivity contribution in [1.29, 1.82) is 0 Å². The highest BCUT2D eigenvalue weighted by atomic mass is 35.5. The van der Waals surface area contributed by atoms with Crippen molar-refractivity contribution in [1.82, 2.24) is 0 Å². The average Bonchev–Trinajstić information content (AvgIpc) is 2.40. The number of hydrogen-bond donors (Lipinski definition) is 1. The van der Waals surface area contributed by atoms with Gasteiger partial charge in [0.05, 0.1) is 12.8 Å². The van der Waals surface area contributed by atoms with Crippen LogP contribution in [0, 0.1) is 6.92 Å². The predicted molar refractivity (Wildman–Crippen MR) is 77.9 cm³/mol. The van der Waals surface area contributed by atoms with E-state index in [0.717, 1.165) is 16.9 Å². The van der Waals surface area contributed by atoms with Crippen molar-refractivity contribution in [3.63, 3.8) is 0 Å². The lowest BCUT2D eigenvalue weighted by molar-refractivity contribution is 0.298. The van der Waals surface area contributed by atoms with Crippen LogP contribution in [0.5, 0.6) is 11.5 Å². The fourth-order valence-corrected chi connectivity index (χ4v) is 1.97. The van der Waals surface area contributed by atoms with Gasteiger partial charge >= 0.3 is 0 Å². The van der Waals surface area contributed by atoms with Gasteiger partial charge in [-0.25, -0.2) is 0 Å². The highest BCUT2D eigenvalue weighted by Crippen LogP contribution is 2.28.